The summed E-state index contributed by atoms with van der Waals surface area (Å²) < 4.78 is 2.03. The largest absolute Gasteiger partial charge is 0.312 e. The van der Waals surface area contributed by atoms with Crippen LogP contribution in [0.25, 0.3) is 16.9 Å². The third kappa shape index (κ3) is 5.18. The van der Waals surface area contributed by atoms with Crippen LogP contribution in [0.1, 0.15) is 15.9 Å². The second-order valence-corrected chi connectivity index (χ2v) is 8.65. The maximum atomic E-state index is 13.1. The Balaban J connectivity index is 1.68. The van der Waals surface area contributed by atoms with Gasteiger partial charge < -0.3 is 5.32 Å². The summed E-state index contributed by atoms with van der Waals surface area (Å²) in [5.41, 5.74) is 4.28. The third-order valence-corrected chi connectivity index (χ3v) is 6.24. The molecule has 0 saturated heterocycles. The minimum atomic E-state index is -0.177. The Kier molecular flexibility index (Phi) is 6.73. The van der Waals surface area contributed by atoms with Gasteiger partial charge in [-0.3, -0.25) is 9.36 Å². The molecule has 170 valence electrons. The number of hydrogen-bond donors (Lipinski definition) is 1. The van der Waals surface area contributed by atoms with Crippen LogP contribution in [-0.2, 0) is 0 Å². The lowest BCUT2D eigenvalue weighted by molar-refractivity contribution is 0.102. The zero-order valence-electron chi connectivity index (χ0n) is 18.8. The molecule has 0 aliphatic carbocycles. The van der Waals surface area contributed by atoms with Crippen LogP contribution in [-0.4, -0.2) is 16.7 Å². The Labute approximate surface area is 207 Å². The summed E-state index contributed by atoms with van der Waals surface area (Å²) in [4.78, 5) is 13.7. The second-order valence-electron chi connectivity index (χ2n) is 7.67. The molecular weight excluding hydrogens is 452 g/mol. The molecule has 0 aliphatic heterocycles. The second kappa shape index (κ2) is 10.6. The van der Waals surface area contributed by atoms with Crippen molar-refractivity contribution in [3.05, 3.63) is 137 Å². The summed E-state index contributed by atoms with van der Waals surface area (Å²) in [7, 11) is 0. The van der Waals surface area contributed by atoms with Crippen LogP contribution in [0.2, 0.25) is 0 Å². The summed E-state index contributed by atoms with van der Waals surface area (Å²) in [5, 5.41) is 12.7. The average molecular weight is 475 g/mol. The topological polar surface area (TPSA) is 58.8 Å². The van der Waals surface area contributed by atoms with Gasteiger partial charge >= 0.3 is 0 Å². The highest BCUT2D eigenvalue weighted by Crippen LogP contribution is 2.33. The van der Waals surface area contributed by atoms with Crippen LogP contribution in [0.5, 0.6) is 0 Å². The molecule has 5 rings (SSSR count). The fourth-order valence-electron chi connectivity index (χ4n) is 3.65. The molecule has 1 N–H and O–H groups in total. The van der Waals surface area contributed by atoms with Crippen LogP contribution in [0.3, 0.4) is 0 Å². The van der Waals surface area contributed by atoms with Gasteiger partial charge in [-0.05, 0) is 29.8 Å². The monoisotopic (exact) mass is 474 g/mol. The van der Waals surface area contributed by atoms with E-state index in [-0.39, 0.29) is 5.91 Å². The number of hydrogen-bond acceptors (Lipinski definition) is 4. The molecule has 0 saturated carbocycles. The van der Waals surface area contributed by atoms with E-state index in [4.69, 9.17) is 0 Å². The Morgan fingerprint density at radius 1 is 0.743 bits per heavy atom. The zero-order chi connectivity index (χ0) is 23.9. The highest BCUT2D eigenvalue weighted by atomic mass is 32.1. The van der Waals surface area contributed by atoms with E-state index in [1.807, 2.05) is 114 Å². The van der Waals surface area contributed by atoms with Crippen molar-refractivity contribution in [1.29, 1.82) is 0 Å². The average Bonchev–Trinajstić information content (AvgIpc) is 3.28. The Hall–Kier alpha value is -4.55. The van der Waals surface area contributed by atoms with Gasteiger partial charge in [-0.15, -0.1) is 5.10 Å². The molecule has 0 unspecified atom stereocenters. The Morgan fingerprint density at radius 3 is 1.97 bits per heavy atom. The standard InChI is InChI=1S/C29H22N4OS/c34-27(24-17-9-3-10-18-24)31-28-26(23-15-7-2-8-16-23)33(25-19-11-4-12-20-25)29(35-28)32-30-21-22-13-5-1-6-14-22/h1-21H,(H,31,34)/b30-21+,32-29+. The van der Waals surface area contributed by atoms with Gasteiger partial charge in [0.2, 0.25) is 4.80 Å². The van der Waals surface area contributed by atoms with Crippen molar-refractivity contribution in [2.24, 2.45) is 10.2 Å². The molecule has 1 heterocycles. The van der Waals surface area contributed by atoms with Crippen LogP contribution >= 0.6 is 11.3 Å². The number of carbonyl (C=O) groups excluding carboxylic acids is 1. The lowest BCUT2D eigenvalue weighted by atomic mass is 10.1. The van der Waals surface area contributed by atoms with E-state index >= 15 is 0 Å². The van der Waals surface area contributed by atoms with Gasteiger partial charge in [-0.2, -0.15) is 5.10 Å². The van der Waals surface area contributed by atoms with Crippen molar-refractivity contribution < 1.29 is 4.79 Å². The number of amides is 1. The number of nitrogens with one attached hydrogen (secondary N) is 1. The molecule has 4 aromatic carbocycles. The number of anilines is 1. The van der Waals surface area contributed by atoms with Crippen molar-refractivity contribution in [3.63, 3.8) is 0 Å². The normalized spacial score (nSPS) is 11.6. The maximum absolute atomic E-state index is 13.1. The summed E-state index contributed by atoms with van der Waals surface area (Å²) in [5.74, 6) is -0.177. The Morgan fingerprint density at radius 2 is 1.31 bits per heavy atom. The van der Waals surface area contributed by atoms with Crippen LogP contribution < -0.4 is 10.1 Å². The molecule has 5 nitrogen and oxygen atoms in total. The van der Waals surface area contributed by atoms with Gasteiger partial charge in [0.15, 0.2) is 0 Å². The fourth-order valence-corrected chi connectivity index (χ4v) is 4.66. The molecule has 0 atom stereocenters. The molecule has 0 spiro atoms. The van der Waals surface area contributed by atoms with Crippen molar-refractivity contribution in [1.82, 2.24) is 4.57 Å². The lowest BCUT2D eigenvalue weighted by Gasteiger charge is -2.12. The molecule has 0 aliphatic rings. The van der Waals surface area contributed by atoms with E-state index in [0.29, 0.717) is 15.4 Å². The number of carbonyl (C=O) groups is 1. The number of aromatic nitrogens is 1. The minimum Gasteiger partial charge on any atom is -0.312 e. The van der Waals surface area contributed by atoms with Gasteiger partial charge in [0.25, 0.3) is 5.91 Å². The van der Waals surface area contributed by atoms with E-state index in [1.165, 1.54) is 11.3 Å². The van der Waals surface area contributed by atoms with Crippen molar-refractivity contribution >= 4 is 28.5 Å². The highest BCUT2D eigenvalue weighted by molar-refractivity contribution is 7.14. The first-order valence-corrected chi connectivity index (χ1v) is 12.0. The van der Waals surface area contributed by atoms with E-state index < -0.39 is 0 Å². The number of benzene rings is 4. The van der Waals surface area contributed by atoms with Gasteiger partial charge in [0.05, 0.1) is 11.9 Å². The van der Waals surface area contributed by atoms with Crippen LogP contribution in [0.4, 0.5) is 5.00 Å². The van der Waals surface area contributed by atoms with Crippen LogP contribution in [0.15, 0.2) is 132 Å². The highest BCUT2D eigenvalue weighted by Gasteiger charge is 2.19. The first kappa shape index (κ1) is 22.3. The fraction of sp³-hybridized carbons (Fsp3) is 0. The molecular formula is C29H22N4OS. The van der Waals surface area contributed by atoms with Gasteiger partial charge in [-0.1, -0.05) is 108 Å². The molecule has 0 fully saturated rings. The SMILES string of the molecule is O=C(Nc1s/c(=N/N=C/c2ccccc2)n(-c2ccccc2)c1-c1ccccc1)c1ccccc1. The summed E-state index contributed by atoms with van der Waals surface area (Å²) in [6.07, 6.45) is 1.72. The number of thiazole rings is 1. The smallest absolute Gasteiger partial charge is 0.256 e. The summed E-state index contributed by atoms with van der Waals surface area (Å²) >= 11 is 1.38. The van der Waals surface area contributed by atoms with E-state index in [9.17, 15) is 4.79 Å². The number of nitrogens with zero attached hydrogens (tertiary/aromatic N) is 3. The van der Waals surface area contributed by atoms with Crippen molar-refractivity contribution in [2.75, 3.05) is 5.32 Å². The molecule has 6 heteroatoms. The van der Waals surface area contributed by atoms with Crippen molar-refractivity contribution in [2.45, 2.75) is 0 Å². The number of rotatable bonds is 6. The van der Waals surface area contributed by atoms with Crippen molar-refractivity contribution in [3.8, 4) is 16.9 Å². The summed E-state index contributed by atoms with van der Waals surface area (Å²) in [6, 6.07) is 39.0. The first-order chi connectivity index (χ1) is 17.3. The predicted molar refractivity (Wildman–Crippen MR) is 143 cm³/mol. The van der Waals surface area contributed by atoms with E-state index in [0.717, 1.165) is 22.5 Å². The molecule has 0 bridgehead atoms. The third-order valence-electron chi connectivity index (χ3n) is 5.30. The predicted octanol–water partition coefficient (Wildman–Crippen LogP) is 6.39. The van der Waals surface area contributed by atoms with Gasteiger partial charge in [-0.25, -0.2) is 0 Å². The Bertz CT molecular complexity index is 1510. The summed E-state index contributed by atoms with van der Waals surface area (Å²) in [6.45, 7) is 0. The van der Waals surface area contributed by atoms with E-state index in [2.05, 4.69) is 15.5 Å². The van der Waals surface area contributed by atoms with Gasteiger partial charge in [0, 0.05) is 16.8 Å². The minimum absolute atomic E-state index is 0.177. The van der Waals surface area contributed by atoms with Crippen LogP contribution in [0, 0.1) is 0 Å². The molecule has 0 radical (unpaired) electrons. The first-order valence-electron chi connectivity index (χ1n) is 11.1. The molecule has 1 amide bonds. The lowest BCUT2D eigenvalue weighted by Crippen LogP contribution is -2.14. The quantitative estimate of drug-likeness (QED) is 0.225. The van der Waals surface area contributed by atoms with Gasteiger partial charge in [0.1, 0.15) is 5.00 Å². The molecule has 1 aromatic heterocycles. The number of para-hydroxylation sites is 1. The zero-order valence-corrected chi connectivity index (χ0v) is 19.6. The molecule has 5 aromatic rings. The maximum Gasteiger partial charge on any atom is 0.256 e. The molecule has 35 heavy (non-hydrogen) atoms. The van der Waals surface area contributed by atoms with E-state index in [1.54, 1.807) is 18.3 Å².